The highest BCUT2D eigenvalue weighted by molar-refractivity contribution is 7.90. The van der Waals surface area contributed by atoms with Gasteiger partial charge in [0.15, 0.2) is 15.7 Å². The van der Waals surface area contributed by atoms with Crippen molar-refractivity contribution in [2.24, 2.45) is 0 Å². The summed E-state index contributed by atoms with van der Waals surface area (Å²) in [4.78, 5) is 21.5. The fraction of sp³-hybridized carbons (Fsp3) is 0.318. The van der Waals surface area contributed by atoms with Crippen molar-refractivity contribution < 1.29 is 17.7 Å². The van der Waals surface area contributed by atoms with E-state index in [9.17, 15) is 13.2 Å². The first-order valence-electron chi connectivity index (χ1n) is 10.2. The molecule has 1 aliphatic rings. The maximum Gasteiger partial charge on any atom is 0.257 e. The van der Waals surface area contributed by atoms with E-state index in [-0.39, 0.29) is 15.8 Å². The first kappa shape index (κ1) is 22.4. The van der Waals surface area contributed by atoms with Crippen molar-refractivity contribution in [1.82, 2.24) is 19.9 Å². The molecule has 32 heavy (non-hydrogen) atoms. The standard InChI is InChI=1S/C22H23ClN4O4S/c1-32(29,30)17-8-9-18(19(23)14-17)22(28)27-11-5-10-26(12-13-27)15-20-24-21(31-25-20)16-6-3-2-4-7-16/h2-4,6-9,14H,5,10-13,15H2,1H3. The van der Waals surface area contributed by atoms with Crippen molar-refractivity contribution in [3.63, 3.8) is 0 Å². The minimum Gasteiger partial charge on any atom is -0.337 e. The summed E-state index contributed by atoms with van der Waals surface area (Å²) in [6.45, 7) is 3.08. The largest absolute Gasteiger partial charge is 0.337 e. The molecule has 0 aliphatic carbocycles. The van der Waals surface area contributed by atoms with Crippen LogP contribution in [0.2, 0.25) is 5.02 Å². The van der Waals surface area contributed by atoms with Gasteiger partial charge in [-0.1, -0.05) is 35.0 Å². The number of hydrogen-bond acceptors (Lipinski definition) is 7. The van der Waals surface area contributed by atoms with E-state index in [1.165, 1.54) is 18.2 Å². The number of carbonyl (C=O) groups excluding carboxylic acids is 1. The summed E-state index contributed by atoms with van der Waals surface area (Å²) in [5.74, 6) is 0.880. The van der Waals surface area contributed by atoms with Crippen molar-refractivity contribution >= 4 is 27.3 Å². The van der Waals surface area contributed by atoms with Crippen molar-refractivity contribution in [3.05, 3.63) is 64.9 Å². The number of halogens is 1. The van der Waals surface area contributed by atoms with E-state index in [0.29, 0.717) is 43.5 Å². The summed E-state index contributed by atoms with van der Waals surface area (Å²) >= 11 is 6.23. The number of rotatable bonds is 5. The molecule has 168 valence electrons. The summed E-state index contributed by atoms with van der Waals surface area (Å²) in [6.07, 6.45) is 1.89. The Balaban J connectivity index is 1.39. The topological polar surface area (TPSA) is 96.6 Å². The fourth-order valence-electron chi connectivity index (χ4n) is 3.62. The van der Waals surface area contributed by atoms with Crippen molar-refractivity contribution in [2.75, 3.05) is 32.4 Å². The van der Waals surface area contributed by atoms with Gasteiger partial charge in [0, 0.05) is 38.0 Å². The van der Waals surface area contributed by atoms with Gasteiger partial charge in [0.1, 0.15) is 0 Å². The number of carbonyl (C=O) groups is 1. The lowest BCUT2D eigenvalue weighted by Gasteiger charge is -2.22. The molecule has 3 aromatic rings. The van der Waals surface area contributed by atoms with Crippen LogP contribution in [0.1, 0.15) is 22.6 Å². The Hall–Kier alpha value is -2.75. The molecule has 0 radical (unpaired) electrons. The molecular formula is C22H23ClN4O4S. The molecule has 0 atom stereocenters. The molecule has 8 nitrogen and oxygen atoms in total. The van der Waals surface area contributed by atoms with E-state index >= 15 is 0 Å². The van der Waals surface area contributed by atoms with E-state index in [1.54, 1.807) is 4.90 Å². The molecule has 0 saturated carbocycles. The van der Waals surface area contributed by atoms with Crippen LogP contribution < -0.4 is 0 Å². The molecule has 10 heteroatoms. The normalized spacial score (nSPS) is 15.5. The lowest BCUT2D eigenvalue weighted by molar-refractivity contribution is 0.0761. The molecule has 2 heterocycles. The predicted octanol–water partition coefficient (Wildman–Crippen LogP) is 3.14. The molecule has 1 saturated heterocycles. The highest BCUT2D eigenvalue weighted by Crippen LogP contribution is 2.23. The quantitative estimate of drug-likeness (QED) is 0.560. The second-order valence-electron chi connectivity index (χ2n) is 7.72. The van der Waals surface area contributed by atoms with Gasteiger partial charge in [-0.25, -0.2) is 8.42 Å². The van der Waals surface area contributed by atoms with Crippen molar-refractivity contribution in [2.45, 2.75) is 17.9 Å². The Bertz CT molecular complexity index is 1210. The molecule has 0 spiro atoms. The van der Waals surface area contributed by atoms with Crippen LogP contribution in [0.5, 0.6) is 0 Å². The third-order valence-corrected chi connectivity index (χ3v) is 6.75. The van der Waals surface area contributed by atoms with Gasteiger partial charge in [0.05, 0.1) is 22.0 Å². The molecule has 1 aliphatic heterocycles. The summed E-state index contributed by atoms with van der Waals surface area (Å²) in [7, 11) is -3.39. The number of amides is 1. The van der Waals surface area contributed by atoms with Gasteiger partial charge < -0.3 is 9.42 Å². The van der Waals surface area contributed by atoms with Crippen LogP contribution in [0.15, 0.2) is 57.9 Å². The molecular weight excluding hydrogens is 452 g/mol. The maximum absolute atomic E-state index is 13.0. The number of aromatic nitrogens is 2. The van der Waals surface area contributed by atoms with Crippen molar-refractivity contribution in [1.29, 1.82) is 0 Å². The third-order valence-electron chi connectivity index (χ3n) is 5.33. The van der Waals surface area contributed by atoms with Crippen LogP contribution in [0.25, 0.3) is 11.5 Å². The zero-order valence-electron chi connectivity index (χ0n) is 17.6. The molecule has 2 aromatic carbocycles. The highest BCUT2D eigenvalue weighted by atomic mass is 35.5. The predicted molar refractivity (Wildman–Crippen MR) is 120 cm³/mol. The van der Waals surface area contributed by atoms with Gasteiger partial charge >= 0.3 is 0 Å². The van der Waals surface area contributed by atoms with E-state index in [1.807, 2.05) is 30.3 Å². The van der Waals surface area contributed by atoms with Crippen LogP contribution in [-0.2, 0) is 16.4 Å². The monoisotopic (exact) mass is 474 g/mol. The fourth-order valence-corrected chi connectivity index (χ4v) is 4.59. The molecule has 0 bridgehead atoms. The summed E-state index contributed by atoms with van der Waals surface area (Å²) < 4.78 is 28.8. The van der Waals surface area contributed by atoms with Crippen LogP contribution in [0, 0.1) is 0 Å². The van der Waals surface area contributed by atoms with Gasteiger partial charge in [-0.05, 0) is 36.8 Å². The average Bonchev–Trinajstić information content (AvgIpc) is 3.11. The summed E-state index contributed by atoms with van der Waals surface area (Å²) in [5.41, 5.74) is 1.18. The molecule has 4 rings (SSSR count). The van der Waals surface area contributed by atoms with Gasteiger partial charge in [0.25, 0.3) is 11.8 Å². The van der Waals surface area contributed by atoms with Crippen LogP contribution in [0.4, 0.5) is 0 Å². The third kappa shape index (κ3) is 5.17. The Kier molecular flexibility index (Phi) is 6.59. The summed E-state index contributed by atoms with van der Waals surface area (Å²) in [6, 6.07) is 13.8. The Morgan fingerprint density at radius 2 is 1.88 bits per heavy atom. The van der Waals surface area contributed by atoms with Crippen LogP contribution in [0.3, 0.4) is 0 Å². The number of hydrogen-bond donors (Lipinski definition) is 0. The minimum absolute atomic E-state index is 0.0936. The zero-order valence-corrected chi connectivity index (χ0v) is 19.1. The minimum atomic E-state index is -3.39. The maximum atomic E-state index is 13.0. The van der Waals surface area contributed by atoms with Crippen molar-refractivity contribution in [3.8, 4) is 11.5 Å². The second-order valence-corrected chi connectivity index (χ2v) is 10.1. The van der Waals surface area contributed by atoms with Gasteiger partial charge in [-0.15, -0.1) is 0 Å². The SMILES string of the molecule is CS(=O)(=O)c1ccc(C(=O)N2CCCN(Cc3noc(-c4ccccc4)n3)CC2)c(Cl)c1. The van der Waals surface area contributed by atoms with Crippen LogP contribution in [-0.4, -0.2) is 66.7 Å². The van der Waals surface area contributed by atoms with E-state index < -0.39 is 9.84 Å². The molecule has 0 N–H and O–H groups in total. The van der Waals surface area contributed by atoms with E-state index in [4.69, 9.17) is 16.1 Å². The average molecular weight is 475 g/mol. The number of sulfone groups is 1. The lowest BCUT2D eigenvalue weighted by Crippen LogP contribution is -2.35. The summed E-state index contributed by atoms with van der Waals surface area (Å²) in [5, 5.41) is 4.22. The van der Waals surface area contributed by atoms with E-state index in [2.05, 4.69) is 15.0 Å². The molecule has 0 unspecified atom stereocenters. The molecule has 1 aromatic heterocycles. The van der Waals surface area contributed by atoms with Gasteiger partial charge in [-0.3, -0.25) is 9.69 Å². The van der Waals surface area contributed by atoms with E-state index in [0.717, 1.165) is 24.8 Å². The molecule has 1 fully saturated rings. The lowest BCUT2D eigenvalue weighted by atomic mass is 10.2. The smallest absolute Gasteiger partial charge is 0.257 e. The zero-order chi connectivity index (χ0) is 22.7. The Morgan fingerprint density at radius 3 is 2.59 bits per heavy atom. The number of benzene rings is 2. The number of nitrogens with zero attached hydrogens (tertiary/aromatic N) is 4. The first-order chi connectivity index (χ1) is 15.3. The molecule has 1 amide bonds. The first-order valence-corrected chi connectivity index (χ1v) is 12.5. The van der Waals surface area contributed by atoms with Crippen LogP contribution >= 0.6 is 11.6 Å². The van der Waals surface area contributed by atoms with Gasteiger partial charge in [0.2, 0.25) is 0 Å². The van der Waals surface area contributed by atoms with Gasteiger partial charge in [-0.2, -0.15) is 4.98 Å². The highest BCUT2D eigenvalue weighted by Gasteiger charge is 2.24. The Labute approximate surface area is 191 Å². The Morgan fingerprint density at radius 1 is 1.09 bits per heavy atom. The second kappa shape index (κ2) is 9.40.